The van der Waals surface area contributed by atoms with Crippen LogP contribution in [0.5, 0.6) is 0 Å². The van der Waals surface area contributed by atoms with E-state index in [9.17, 15) is 13.2 Å². The predicted octanol–water partition coefficient (Wildman–Crippen LogP) is 3.76. The summed E-state index contributed by atoms with van der Waals surface area (Å²) >= 11 is 3.15. The van der Waals surface area contributed by atoms with Crippen molar-refractivity contribution in [1.82, 2.24) is 6.15 Å². The first-order chi connectivity index (χ1) is 5.54. The maximum Gasteiger partial charge on any atom is 0.416 e. The lowest BCUT2D eigenvalue weighted by atomic mass is 10.1. The molecule has 0 aliphatic heterocycles. The summed E-state index contributed by atoms with van der Waals surface area (Å²) < 4.78 is 36.0. The van der Waals surface area contributed by atoms with Crippen molar-refractivity contribution < 1.29 is 13.2 Å². The van der Waals surface area contributed by atoms with Crippen molar-refractivity contribution in [3.8, 4) is 0 Å². The van der Waals surface area contributed by atoms with Gasteiger partial charge >= 0.3 is 6.18 Å². The summed E-state index contributed by atoms with van der Waals surface area (Å²) in [6.45, 7) is 0. The van der Waals surface area contributed by atoms with Crippen LogP contribution in [0.2, 0.25) is 0 Å². The quantitative estimate of drug-likeness (QED) is 0.762. The van der Waals surface area contributed by atoms with Crippen LogP contribution in [0.15, 0.2) is 24.3 Å². The van der Waals surface area contributed by atoms with Crippen LogP contribution < -0.4 is 6.15 Å². The van der Waals surface area contributed by atoms with E-state index in [0.29, 0.717) is 5.33 Å². The molecule has 0 saturated heterocycles. The van der Waals surface area contributed by atoms with Crippen molar-refractivity contribution in [3.05, 3.63) is 35.4 Å². The van der Waals surface area contributed by atoms with E-state index in [2.05, 4.69) is 15.9 Å². The van der Waals surface area contributed by atoms with Crippen LogP contribution >= 0.6 is 15.9 Å². The van der Waals surface area contributed by atoms with E-state index in [0.717, 1.165) is 17.7 Å². The van der Waals surface area contributed by atoms with Gasteiger partial charge in [-0.2, -0.15) is 13.2 Å². The van der Waals surface area contributed by atoms with Crippen LogP contribution in [0, 0.1) is 0 Å². The second-order valence-electron chi connectivity index (χ2n) is 2.33. The summed E-state index contributed by atoms with van der Waals surface area (Å²) in [4.78, 5) is 0. The Morgan fingerprint density at radius 3 is 1.85 bits per heavy atom. The molecule has 1 aromatic rings. The third-order valence-corrected chi connectivity index (χ3v) is 2.08. The van der Waals surface area contributed by atoms with Crippen LogP contribution in [0.1, 0.15) is 11.1 Å². The highest BCUT2D eigenvalue weighted by Crippen LogP contribution is 2.29. The summed E-state index contributed by atoms with van der Waals surface area (Å²) in [7, 11) is 0. The Labute approximate surface area is 82.7 Å². The average molecular weight is 256 g/mol. The highest BCUT2D eigenvalue weighted by molar-refractivity contribution is 9.08. The van der Waals surface area contributed by atoms with Crippen molar-refractivity contribution in [2.24, 2.45) is 0 Å². The first kappa shape index (κ1) is 12.4. The Hall–Kier alpha value is -0.550. The zero-order chi connectivity index (χ0) is 9.19. The lowest BCUT2D eigenvalue weighted by molar-refractivity contribution is -0.137. The number of halogens is 4. The molecule has 0 spiro atoms. The van der Waals surface area contributed by atoms with Crippen LogP contribution in [0.25, 0.3) is 0 Å². The minimum absolute atomic E-state index is 0. The smallest absolute Gasteiger partial charge is 0.344 e. The van der Waals surface area contributed by atoms with Crippen molar-refractivity contribution in [1.29, 1.82) is 0 Å². The van der Waals surface area contributed by atoms with Gasteiger partial charge in [0.15, 0.2) is 0 Å². The fraction of sp³-hybridized carbons (Fsp3) is 0.250. The third-order valence-electron chi connectivity index (χ3n) is 1.44. The summed E-state index contributed by atoms with van der Waals surface area (Å²) in [5.41, 5.74) is 0.232. The molecule has 1 aromatic carbocycles. The summed E-state index contributed by atoms with van der Waals surface area (Å²) in [5, 5.41) is 0.575. The molecule has 0 radical (unpaired) electrons. The Morgan fingerprint density at radius 1 is 1.08 bits per heavy atom. The lowest BCUT2D eigenvalue weighted by Gasteiger charge is -2.05. The Bertz CT molecular complexity index is 255. The molecule has 0 saturated carbocycles. The molecule has 0 unspecified atom stereocenters. The molecule has 1 nitrogen and oxygen atoms in total. The van der Waals surface area contributed by atoms with E-state index in [-0.39, 0.29) is 6.15 Å². The molecule has 0 aliphatic rings. The van der Waals surface area contributed by atoms with Gasteiger partial charge in [0.25, 0.3) is 0 Å². The highest BCUT2D eigenvalue weighted by atomic mass is 79.9. The van der Waals surface area contributed by atoms with E-state index in [4.69, 9.17) is 0 Å². The molecule has 0 atom stereocenters. The van der Waals surface area contributed by atoms with Gasteiger partial charge in [-0.3, -0.25) is 0 Å². The van der Waals surface area contributed by atoms with Gasteiger partial charge in [0.2, 0.25) is 0 Å². The molecule has 0 fully saturated rings. The maximum absolute atomic E-state index is 12.0. The second-order valence-corrected chi connectivity index (χ2v) is 2.89. The fourth-order valence-corrected chi connectivity index (χ4v) is 1.16. The van der Waals surface area contributed by atoms with Gasteiger partial charge in [-0.25, -0.2) is 0 Å². The largest absolute Gasteiger partial charge is 0.416 e. The molecule has 0 aliphatic carbocycles. The predicted molar refractivity (Wildman–Crippen MR) is 49.1 cm³/mol. The molecule has 0 amide bonds. The number of alkyl halides is 4. The van der Waals surface area contributed by atoms with Crippen LogP contribution in [-0.2, 0) is 11.5 Å². The highest BCUT2D eigenvalue weighted by Gasteiger charge is 2.29. The number of hydrogen-bond acceptors (Lipinski definition) is 1. The minimum Gasteiger partial charge on any atom is -0.344 e. The number of rotatable bonds is 1. The molecule has 0 heterocycles. The zero-order valence-electron chi connectivity index (χ0n) is 6.74. The first-order valence-electron chi connectivity index (χ1n) is 3.26. The van der Waals surface area contributed by atoms with Crippen LogP contribution in [0.4, 0.5) is 13.2 Å². The summed E-state index contributed by atoms with van der Waals surface area (Å²) in [5.74, 6) is 0. The fourth-order valence-electron chi connectivity index (χ4n) is 0.783. The molecular weight excluding hydrogens is 247 g/mol. The summed E-state index contributed by atoms with van der Waals surface area (Å²) in [6.07, 6.45) is -4.23. The molecule has 0 aromatic heterocycles. The molecule has 1 rings (SSSR count). The Kier molecular flexibility index (Phi) is 4.43. The number of hydrogen-bond donors (Lipinski definition) is 1. The van der Waals surface area contributed by atoms with Gasteiger partial charge < -0.3 is 6.15 Å². The van der Waals surface area contributed by atoms with Gasteiger partial charge in [0.05, 0.1) is 5.56 Å². The Morgan fingerprint density at radius 2 is 1.54 bits per heavy atom. The lowest BCUT2D eigenvalue weighted by Crippen LogP contribution is -2.04. The monoisotopic (exact) mass is 255 g/mol. The first-order valence-corrected chi connectivity index (χ1v) is 4.38. The molecule has 5 heteroatoms. The average Bonchev–Trinajstić information content (AvgIpc) is 2.03. The molecule has 3 N–H and O–H groups in total. The van der Waals surface area contributed by atoms with Crippen LogP contribution in [0.3, 0.4) is 0 Å². The van der Waals surface area contributed by atoms with Crippen molar-refractivity contribution >= 4 is 15.9 Å². The van der Waals surface area contributed by atoms with E-state index in [1.165, 1.54) is 12.1 Å². The Balaban J connectivity index is 0.00000144. The van der Waals surface area contributed by atoms with Gasteiger partial charge in [-0.05, 0) is 17.7 Å². The molecule has 0 bridgehead atoms. The summed E-state index contributed by atoms with van der Waals surface area (Å²) in [6, 6.07) is 5.07. The van der Waals surface area contributed by atoms with Crippen molar-refractivity contribution in [3.63, 3.8) is 0 Å². The van der Waals surface area contributed by atoms with Gasteiger partial charge in [-0.1, -0.05) is 28.1 Å². The third kappa shape index (κ3) is 3.36. The van der Waals surface area contributed by atoms with Crippen LogP contribution in [-0.4, -0.2) is 0 Å². The molecular formula is C8H9BrF3N. The zero-order valence-corrected chi connectivity index (χ0v) is 8.32. The minimum atomic E-state index is -4.23. The normalized spacial score (nSPS) is 10.8. The second kappa shape index (κ2) is 4.62. The topological polar surface area (TPSA) is 35.0 Å². The van der Waals surface area contributed by atoms with Gasteiger partial charge in [0, 0.05) is 5.33 Å². The standard InChI is InChI=1S/C8H6BrF3.H3N/c9-5-6-1-3-7(4-2-6)8(10,11)12;/h1-4H,5H2;1H3. The maximum atomic E-state index is 12.0. The SMILES string of the molecule is FC(F)(F)c1ccc(CBr)cc1.N. The van der Waals surface area contributed by atoms with Crippen molar-refractivity contribution in [2.75, 3.05) is 0 Å². The van der Waals surface area contributed by atoms with E-state index >= 15 is 0 Å². The van der Waals surface area contributed by atoms with E-state index in [1.54, 1.807) is 0 Å². The molecule has 74 valence electrons. The van der Waals surface area contributed by atoms with Gasteiger partial charge in [-0.15, -0.1) is 0 Å². The van der Waals surface area contributed by atoms with Crippen molar-refractivity contribution in [2.45, 2.75) is 11.5 Å². The van der Waals surface area contributed by atoms with Gasteiger partial charge in [0.1, 0.15) is 0 Å². The van der Waals surface area contributed by atoms with E-state index in [1.807, 2.05) is 0 Å². The number of benzene rings is 1. The molecule has 13 heavy (non-hydrogen) atoms. The van der Waals surface area contributed by atoms with E-state index < -0.39 is 11.7 Å².